The SMILES string of the molecule is C#CCCN(CCC)C(=O)C=C.Cc1nccc(Nc2ccc(C(F)(F)F)cc2)n1. The van der Waals surface area contributed by atoms with E-state index in [9.17, 15) is 18.0 Å². The number of nitrogens with zero attached hydrogens (tertiary/aromatic N) is 3. The average Bonchev–Trinajstić information content (AvgIpc) is 2.71. The van der Waals surface area contributed by atoms with Gasteiger partial charge in [-0.3, -0.25) is 4.79 Å². The molecule has 1 amide bonds. The van der Waals surface area contributed by atoms with Crippen LogP contribution >= 0.6 is 0 Å². The summed E-state index contributed by atoms with van der Waals surface area (Å²) in [6, 6.07) is 6.41. The molecule has 30 heavy (non-hydrogen) atoms. The van der Waals surface area contributed by atoms with E-state index in [0.29, 0.717) is 30.3 Å². The van der Waals surface area contributed by atoms with Gasteiger partial charge < -0.3 is 10.2 Å². The maximum atomic E-state index is 12.4. The van der Waals surface area contributed by atoms with Crippen LogP contribution in [0, 0.1) is 19.3 Å². The summed E-state index contributed by atoms with van der Waals surface area (Å²) in [6.07, 6.45) is 5.25. The van der Waals surface area contributed by atoms with Gasteiger partial charge in [0.15, 0.2) is 0 Å². The van der Waals surface area contributed by atoms with Gasteiger partial charge in [0.2, 0.25) is 5.91 Å². The van der Waals surface area contributed by atoms with E-state index in [1.54, 1.807) is 24.1 Å². The third-order valence-electron chi connectivity index (χ3n) is 3.77. The molecule has 0 saturated heterocycles. The molecule has 1 N–H and O–H groups in total. The number of nitrogens with one attached hydrogen (secondary N) is 1. The number of aryl methyl sites for hydroxylation is 1. The molecular weight excluding hydrogens is 393 g/mol. The number of benzene rings is 1. The summed E-state index contributed by atoms with van der Waals surface area (Å²) in [4.78, 5) is 20.9. The van der Waals surface area contributed by atoms with Crippen LogP contribution in [-0.4, -0.2) is 33.9 Å². The van der Waals surface area contributed by atoms with E-state index >= 15 is 0 Å². The molecule has 2 aromatic rings. The smallest absolute Gasteiger partial charge is 0.340 e. The van der Waals surface area contributed by atoms with Crippen LogP contribution in [0.15, 0.2) is 49.2 Å². The lowest BCUT2D eigenvalue weighted by atomic mass is 10.2. The fraction of sp³-hybridized carbons (Fsp3) is 0.318. The number of terminal acetylenes is 1. The van der Waals surface area contributed by atoms with Gasteiger partial charge in [-0.1, -0.05) is 13.5 Å². The summed E-state index contributed by atoms with van der Waals surface area (Å²) >= 11 is 0. The third-order valence-corrected chi connectivity index (χ3v) is 3.77. The largest absolute Gasteiger partial charge is 0.416 e. The van der Waals surface area contributed by atoms with Crippen molar-refractivity contribution in [1.29, 1.82) is 0 Å². The molecule has 0 aliphatic carbocycles. The number of carbonyl (C=O) groups is 1. The zero-order valence-corrected chi connectivity index (χ0v) is 17.0. The van der Waals surface area contributed by atoms with Gasteiger partial charge in [-0.15, -0.1) is 12.3 Å². The highest BCUT2D eigenvalue weighted by Crippen LogP contribution is 2.30. The summed E-state index contributed by atoms with van der Waals surface area (Å²) < 4.78 is 37.1. The molecule has 0 spiro atoms. The minimum absolute atomic E-state index is 0.0351. The predicted molar refractivity (Wildman–Crippen MR) is 112 cm³/mol. The third kappa shape index (κ3) is 8.78. The summed E-state index contributed by atoms with van der Waals surface area (Å²) in [5.74, 6) is 3.61. The van der Waals surface area contributed by atoms with Crippen molar-refractivity contribution < 1.29 is 18.0 Å². The van der Waals surface area contributed by atoms with Crippen molar-refractivity contribution in [3.05, 3.63) is 60.6 Å². The zero-order valence-electron chi connectivity index (χ0n) is 17.0. The Hall–Kier alpha value is -3.34. The Morgan fingerprint density at radius 3 is 2.43 bits per heavy atom. The standard InChI is InChI=1S/C12H10F3N3.C10H15NO/c1-8-16-7-6-11(17-8)18-10-4-2-9(3-5-10)12(13,14)15;1-4-7-9-11(8-5-2)10(12)6-3/h2-7H,1H3,(H,16,17,18);1,6H,3,5,7-9H2,2H3. The van der Waals surface area contributed by atoms with E-state index < -0.39 is 11.7 Å². The van der Waals surface area contributed by atoms with Gasteiger partial charge in [0.05, 0.1) is 5.56 Å². The van der Waals surface area contributed by atoms with E-state index in [1.165, 1.54) is 18.2 Å². The molecule has 1 heterocycles. The molecule has 0 radical (unpaired) electrons. The first-order chi connectivity index (χ1) is 14.2. The average molecular weight is 418 g/mol. The van der Waals surface area contributed by atoms with E-state index in [0.717, 1.165) is 25.1 Å². The molecule has 0 atom stereocenters. The van der Waals surface area contributed by atoms with Crippen molar-refractivity contribution in [2.24, 2.45) is 0 Å². The van der Waals surface area contributed by atoms with Gasteiger partial charge in [0, 0.05) is 31.4 Å². The molecule has 0 unspecified atom stereocenters. The second kappa shape index (κ2) is 12.3. The Kier molecular flexibility index (Phi) is 10.1. The minimum Gasteiger partial charge on any atom is -0.340 e. The first-order valence-corrected chi connectivity index (χ1v) is 9.30. The first kappa shape index (κ1) is 24.7. The van der Waals surface area contributed by atoms with Crippen LogP contribution in [0.3, 0.4) is 0 Å². The first-order valence-electron chi connectivity index (χ1n) is 9.30. The molecule has 1 aromatic heterocycles. The Morgan fingerprint density at radius 2 is 1.93 bits per heavy atom. The fourth-order valence-corrected chi connectivity index (χ4v) is 2.35. The molecule has 2 rings (SSSR count). The zero-order chi connectivity index (χ0) is 22.6. The van der Waals surface area contributed by atoms with Gasteiger partial charge in [-0.2, -0.15) is 13.2 Å². The second-order valence-electron chi connectivity index (χ2n) is 6.17. The van der Waals surface area contributed by atoms with Crippen LogP contribution < -0.4 is 5.32 Å². The highest BCUT2D eigenvalue weighted by Gasteiger charge is 2.29. The van der Waals surface area contributed by atoms with Crippen LogP contribution in [0.2, 0.25) is 0 Å². The number of amides is 1. The number of hydrogen-bond donors (Lipinski definition) is 1. The highest BCUT2D eigenvalue weighted by atomic mass is 19.4. The van der Waals surface area contributed by atoms with Crippen molar-refractivity contribution >= 4 is 17.4 Å². The lowest BCUT2D eigenvalue weighted by molar-refractivity contribution is -0.137. The summed E-state index contributed by atoms with van der Waals surface area (Å²) in [5, 5.41) is 2.90. The predicted octanol–water partition coefficient (Wildman–Crippen LogP) is 4.98. The topological polar surface area (TPSA) is 58.1 Å². The molecule has 0 fully saturated rings. The minimum atomic E-state index is -4.32. The molecular formula is C22H25F3N4O. The number of hydrogen-bond acceptors (Lipinski definition) is 4. The maximum absolute atomic E-state index is 12.4. The van der Waals surface area contributed by atoms with Gasteiger partial charge in [-0.05, 0) is 49.8 Å². The molecule has 160 valence electrons. The van der Waals surface area contributed by atoms with Crippen LogP contribution in [-0.2, 0) is 11.0 Å². The van der Waals surface area contributed by atoms with Gasteiger partial charge >= 0.3 is 6.18 Å². The number of rotatable bonds is 7. The van der Waals surface area contributed by atoms with E-state index in [1.807, 2.05) is 6.92 Å². The van der Waals surface area contributed by atoms with Crippen molar-refractivity contribution in [3.63, 3.8) is 0 Å². The highest BCUT2D eigenvalue weighted by molar-refractivity contribution is 5.86. The number of aromatic nitrogens is 2. The Balaban J connectivity index is 0.000000329. The van der Waals surface area contributed by atoms with Crippen molar-refractivity contribution in [1.82, 2.24) is 14.9 Å². The molecule has 1 aromatic carbocycles. The molecule has 0 bridgehead atoms. The summed E-state index contributed by atoms with van der Waals surface area (Å²) in [7, 11) is 0. The van der Waals surface area contributed by atoms with E-state index in [4.69, 9.17) is 6.42 Å². The van der Waals surface area contributed by atoms with E-state index in [2.05, 4.69) is 27.8 Å². The number of halogens is 3. The van der Waals surface area contributed by atoms with Gasteiger partial charge in [0.1, 0.15) is 11.6 Å². The molecule has 8 heteroatoms. The van der Waals surface area contributed by atoms with Gasteiger partial charge in [-0.25, -0.2) is 9.97 Å². The Morgan fingerprint density at radius 1 is 1.27 bits per heavy atom. The van der Waals surface area contributed by atoms with Crippen molar-refractivity contribution in [3.8, 4) is 12.3 Å². The van der Waals surface area contributed by atoms with Crippen LogP contribution in [0.5, 0.6) is 0 Å². The fourth-order valence-electron chi connectivity index (χ4n) is 2.35. The molecule has 0 saturated carbocycles. The lowest BCUT2D eigenvalue weighted by Crippen LogP contribution is -2.30. The molecule has 5 nitrogen and oxygen atoms in total. The van der Waals surface area contributed by atoms with Crippen molar-refractivity contribution in [2.75, 3.05) is 18.4 Å². The summed E-state index contributed by atoms with van der Waals surface area (Å²) in [6.45, 7) is 8.58. The number of carbonyl (C=O) groups excluding carboxylic acids is 1. The monoisotopic (exact) mass is 418 g/mol. The number of alkyl halides is 3. The van der Waals surface area contributed by atoms with Gasteiger partial charge in [0.25, 0.3) is 0 Å². The second-order valence-corrected chi connectivity index (χ2v) is 6.17. The molecule has 0 aliphatic heterocycles. The van der Waals surface area contributed by atoms with Crippen LogP contribution in [0.25, 0.3) is 0 Å². The normalized spacial score (nSPS) is 10.3. The maximum Gasteiger partial charge on any atom is 0.416 e. The quantitative estimate of drug-likeness (QED) is 0.509. The summed E-state index contributed by atoms with van der Waals surface area (Å²) in [5.41, 5.74) is -0.131. The Labute approximate surface area is 175 Å². The number of anilines is 2. The lowest BCUT2D eigenvalue weighted by Gasteiger charge is -2.18. The van der Waals surface area contributed by atoms with Crippen molar-refractivity contribution in [2.45, 2.75) is 32.9 Å². The van der Waals surface area contributed by atoms with Crippen LogP contribution in [0.4, 0.5) is 24.7 Å². The van der Waals surface area contributed by atoms with Crippen LogP contribution in [0.1, 0.15) is 31.2 Å². The Bertz CT molecular complexity index is 858. The molecule has 0 aliphatic rings. The van der Waals surface area contributed by atoms with E-state index in [-0.39, 0.29) is 5.91 Å².